The van der Waals surface area contributed by atoms with E-state index in [0.717, 1.165) is 30.6 Å². The molecule has 2 aliphatic rings. The summed E-state index contributed by atoms with van der Waals surface area (Å²) in [5.41, 5.74) is 7.30. The highest BCUT2D eigenvalue weighted by atomic mass is 32.2. The Morgan fingerprint density at radius 2 is 1.73 bits per heavy atom. The molecule has 1 aliphatic carbocycles. The normalized spacial score (nSPS) is 19.4. The molecule has 0 radical (unpaired) electrons. The van der Waals surface area contributed by atoms with E-state index < -0.39 is 11.0 Å². The fourth-order valence-electron chi connectivity index (χ4n) is 4.70. The minimum atomic E-state index is -1.49. The largest absolute Gasteiger partial charge is 0.486 e. The van der Waals surface area contributed by atoms with Gasteiger partial charge in [0.05, 0.1) is 4.91 Å². The van der Waals surface area contributed by atoms with E-state index in [-0.39, 0.29) is 12.0 Å². The predicted octanol–water partition coefficient (Wildman–Crippen LogP) is 5.75. The Hall–Kier alpha value is -3.18. The molecule has 1 heterocycles. The maximum Gasteiger partial charge on any atom is 0.257 e. The molecule has 0 bridgehead atoms. The highest BCUT2D eigenvalue weighted by molar-refractivity contribution is 7.93. The van der Waals surface area contributed by atoms with Gasteiger partial charge in [0.25, 0.3) is 5.91 Å². The van der Waals surface area contributed by atoms with Gasteiger partial charge in [0, 0.05) is 6.08 Å². The molecule has 1 N–H and O–H groups in total. The lowest BCUT2D eigenvalue weighted by molar-refractivity contribution is -0.114. The first-order valence-corrected chi connectivity index (χ1v) is 12.5. The van der Waals surface area contributed by atoms with Crippen LogP contribution in [0.2, 0.25) is 0 Å². The molecule has 4 nitrogen and oxygen atoms in total. The quantitative estimate of drug-likeness (QED) is 0.513. The average molecular weight is 458 g/mol. The molecule has 3 aromatic rings. The van der Waals surface area contributed by atoms with Crippen molar-refractivity contribution in [2.75, 3.05) is 0 Å². The van der Waals surface area contributed by atoms with Gasteiger partial charge in [-0.05, 0) is 70.7 Å². The van der Waals surface area contributed by atoms with Crippen LogP contribution in [0.15, 0.2) is 72.8 Å². The van der Waals surface area contributed by atoms with Crippen molar-refractivity contribution in [2.45, 2.75) is 39.2 Å². The van der Waals surface area contributed by atoms with E-state index in [1.165, 1.54) is 33.9 Å². The zero-order chi connectivity index (χ0) is 22.9. The van der Waals surface area contributed by atoms with E-state index in [2.05, 4.69) is 61.0 Å². The second kappa shape index (κ2) is 8.99. The number of carbonyl (C=O) groups is 1. The van der Waals surface area contributed by atoms with Crippen LogP contribution < -0.4 is 9.46 Å². The average Bonchev–Trinajstić information content (AvgIpc) is 3.36. The van der Waals surface area contributed by atoms with Crippen LogP contribution >= 0.6 is 0 Å². The van der Waals surface area contributed by atoms with Gasteiger partial charge in [0.1, 0.15) is 11.9 Å². The Kier molecular flexibility index (Phi) is 5.90. The van der Waals surface area contributed by atoms with Crippen LogP contribution in [0.5, 0.6) is 5.75 Å². The summed E-state index contributed by atoms with van der Waals surface area (Å²) in [4.78, 5) is 11.9. The molecular formula is C28H27NO3S. The number of amides is 1. The number of nitrogens with one attached hydrogen (secondary N) is 1. The van der Waals surface area contributed by atoms with Crippen LogP contribution in [0.25, 0.3) is 16.0 Å². The van der Waals surface area contributed by atoms with Crippen molar-refractivity contribution in [3.8, 4) is 16.9 Å². The van der Waals surface area contributed by atoms with Gasteiger partial charge in [-0.25, -0.2) is 4.21 Å². The summed E-state index contributed by atoms with van der Waals surface area (Å²) >= 11 is 0. The highest BCUT2D eigenvalue weighted by Crippen LogP contribution is 2.40. The molecule has 0 aromatic heterocycles. The molecule has 0 saturated carbocycles. The van der Waals surface area contributed by atoms with Crippen molar-refractivity contribution in [1.29, 1.82) is 0 Å². The molecule has 1 aliphatic heterocycles. The SMILES string of the molecule is CC(C)Cc1ccc(-c2cccc3c2CC[C@H]3Oc2ccc(C3=CC(=O)NS3=O)cc2)cc1. The fraction of sp³-hybridized carbons (Fsp3) is 0.250. The molecule has 3 aromatic carbocycles. The van der Waals surface area contributed by atoms with Crippen LogP contribution in [0.3, 0.4) is 0 Å². The Morgan fingerprint density at radius 1 is 1.00 bits per heavy atom. The van der Waals surface area contributed by atoms with Gasteiger partial charge in [-0.15, -0.1) is 0 Å². The van der Waals surface area contributed by atoms with Crippen LogP contribution in [0.4, 0.5) is 0 Å². The van der Waals surface area contributed by atoms with Crippen molar-refractivity contribution in [2.24, 2.45) is 5.92 Å². The molecule has 5 rings (SSSR count). The van der Waals surface area contributed by atoms with Crippen molar-refractivity contribution < 1.29 is 13.7 Å². The lowest BCUT2D eigenvalue weighted by atomic mass is 9.94. The molecule has 1 amide bonds. The molecule has 168 valence electrons. The van der Waals surface area contributed by atoms with Gasteiger partial charge in [-0.1, -0.05) is 68.4 Å². The van der Waals surface area contributed by atoms with E-state index in [1.54, 1.807) is 0 Å². The standard InChI is InChI=1S/C28H27NO3S/c1-18(2)16-19-6-8-20(9-7-19)23-4-3-5-25-24(23)14-15-26(25)32-22-12-10-21(11-13-22)27-17-28(30)29-33(27)31/h3-13,17-18,26H,14-16H2,1-2H3,(H,29,30)/t26-,33?/m1/s1. The van der Waals surface area contributed by atoms with Gasteiger partial charge in [-0.3, -0.25) is 9.52 Å². The Labute approximate surface area is 197 Å². The number of rotatable bonds is 6. The molecule has 0 spiro atoms. The van der Waals surface area contributed by atoms with Crippen LogP contribution in [0, 0.1) is 5.92 Å². The Bertz CT molecular complexity index is 1240. The second-order valence-electron chi connectivity index (χ2n) is 9.08. The third kappa shape index (κ3) is 4.51. The van der Waals surface area contributed by atoms with Gasteiger partial charge in [0.15, 0.2) is 11.0 Å². The van der Waals surface area contributed by atoms with Gasteiger partial charge in [0.2, 0.25) is 0 Å². The topological polar surface area (TPSA) is 55.4 Å². The molecule has 2 atom stereocenters. The van der Waals surface area contributed by atoms with Crippen molar-refractivity contribution in [3.63, 3.8) is 0 Å². The Morgan fingerprint density at radius 3 is 2.39 bits per heavy atom. The first kappa shape index (κ1) is 21.7. The van der Waals surface area contributed by atoms with Gasteiger partial charge >= 0.3 is 0 Å². The van der Waals surface area contributed by atoms with Gasteiger partial charge < -0.3 is 4.74 Å². The molecular weight excluding hydrogens is 430 g/mol. The summed E-state index contributed by atoms with van der Waals surface area (Å²) in [6.45, 7) is 4.49. The minimum Gasteiger partial charge on any atom is -0.486 e. The van der Waals surface area contributed by atoms with Crippen LogP contribution in [0.1, 0.15) is 48.6 Å². The van der Waals surface area contributed by atoms with E-state index in [0.29, 0.717) is 10.8 Å². The monoisotopic (exact) mass is 457 g/mol. The van der Waals surface area contributed by atoms with Crippen molar-refractivity contribution in [1.82, 2.24) is 4.72 Å². The summed E-state index contributed by atoms with van der Waals surface area (Å²) in [5.74, 6) is 1.10. The van der Waals surface area contributed by atoms with Crippen molar-refractivity contribution >= 4 is 21.8 Å². The number of hydrogen-bond donors (Lipinski definition) is 1. The molecule has 33 heavy (non-hydrogen) atoms. The molecule has 1 unspecified atom stereocenters. The second-order valence-corrected chi connectivity index (χ2v) is 10.3. The van der Waals surface area contributed by atoms with E-state index in [9.17, 15) is 9.00 Å². The predicted molar refractivity (Wildman–Crippen MR) is 133 cm³/mol. The summed E-state index contributed by atoms with van der Waals surface area (Å²) in [6, 6.07) is 22.9. The number of ether oxygens (including phenoxy) is 1. The highest BCUT2D eigenvalue weighted by Gasteiger charge is 2.27. The first-order chi connectivity index (χ1) is 16.0. The molecule has 0 saturated heterocycles. The maximum atomic E-state index is 12.0. The van der Waals surface area contributed by atoms with Crippen LogP contribution in [-0.2, 0) is 28.6 Å². The first-order valence-electron chi connectivity index (χ1n) is 11.4. The van der Waals surface area contributed by atoms with E-state index in [4.69, 9.17) is 4.74 Å². The van der Waals surface area contributed by atoms with Gasteiger partial charge in [-0.2, -0.15) is 0 Å². The molecule has 0 fully saturated rings. The zero-order valence-corrected chi connectivity index (χ0v) is 19.7. The number of hydrogen-bond acceptors (Lipinski definition) is 3. The van der Waals surface area contributed by atoms with Crippen molar-refractivity contribution in [3.05, 3.63) is 95.1 Å². The lowest BCUT2D eigenvalue weighted by Crippen LogP contribution is -2.16. The summed E-state index contributed by atoms with van der Waals surface area (Å²) < 4.78 is 20.7. The minimum absolute atomic E-state index is 0.00841. The summed E-state index contributed by atoms with van der Waals surface area (Å²) in [6.07, 6.45) is 4.42. The maximum absolute atomic E-state index is 12.0. The molecule has 5 heteroatoms. The number of carbonyl (C=O) groups excluding carboxylic acids is 1. The third-order valence-corrected chi connectivity index (χ3v) is 7.34. The summed E-state index contributed by atoms with van der Waals surface area (Å²) in [5, 5.41) is 0. The third-order valence-electron chi connectivity index (χ3n) is 6.20. The smallest absolute Gasteiger partial charge is 0.257 e. The van der Waals surface area contributed by atoms with Crippen LogP contribution in [-0.4, -0.2) is 10.1 Å². The number of fused-ring (bicyclic) bond motifs is 1. The number of benzene rings is 3. The lowest BCUT2D eigenvalue weighted by Gasteiger charge is -2.16. The zero-order valence-electron chi connectivity index (χ0n) is 18.8. The summed E-state index contributed by atoms with van der Waals surface area (Å²) in [7, 11) is -1.49. The fourth-order valence-corrected chi connectivity index (χ4v) is 5.62. The van der Waals surface area contributed by atoms with E-state index in [1.807, 2.05) is 24.3 Å². The Balaban J connectivity index is 1.34. The van der Waals surface area contributed by atoms with E-state index >= 15 is 0 Å².